The van der Waals surface area contributed by atoms with Gasteiger partial charge in [0.15, 0.2) is 0 Å². The molecule has 0 fully saturated rings. The molecule has 0 saturated carbocycles. The van der Waals surface area contributed by atoms with E-state index in [-0.39, 0.29) is 11.9 Å². The molecule has 132 valence electrons. The molecule has 2 rings (SSSR count). The van der Waals surface area contributed by atoms with Gasteiger partial charge < -0.3 is 10.1 Å². The molecule has 0 aliphatic carbocycles. The molecule has 25 heavy (non-hydrogen) atoms. The Kier molecular flexibility index (Phi) is 7.70. The standard InChI is InChI=1S/C21H25NO3/c1-2-3-7-16-25-21(24)18-11-13-19(14-12-18)22-20(23)15-10-17-8-5-4-6-9-17/h4-6,8-9,11-14H,2-3,7,10,15-16H2,1H3,(H,22,23). The van der Waals surface area contributed by atoms with E-state index >= 15 is 0 Å². The number of nitrogens with one attached hydrogen (secondary N) is 1. The zero-order valence-corrected chi connectivity index (χ0v) is 14.7. The van der Waals surface area contributed by atoms with E-state index in [2.05, 4.69) is 12.2 Å². The predicted octanol–water partition coefficient (Wildman–Crippen LogP) is 4.60. The maximum absolute atomic E-state index is 12.0. The third kappa shape index (κ3) is 6.79. The molecular weight excluding hydrogens is 314 g/mol. The lowest BCUT2D eigenvalue weighted by Crippen LogP contribution is -2.12. The first-order valence-corrected chi connectivity index (χ1v) is 8.80. The van der Waals surface area contributed by atoms with Crippen LogP contribution in [-0.2, 0) is 16.0 Å². The molecule has 0 aliphatic rings. The summed E-state index contributed by atoms with van der Waals surface area (Å²) < 4.78 is 5.21. The van der Waals surface area contributed by atoms with Crippen LogP contribution in [0, 0.1) is 0 Å². The summed E-state index contributed by atoms with van der Waals surface area (Å²) in [6, 6.07) is 16.7. The molecule has 0 spiro atoms. The SMILES string of the molecule is CCCCCOC(=O)c1ccc(NC(=O)CCc2ccccc2)cc1. The summed E-state index contributed by atoms with van der Waals surface area (Å²) in [4.78, 5) is 23.9. The molecular formula is C21H25NO3. The normalized spacial score (nSPS) is 10.3. The number of esters is 1. The van der Waals surface area contributed by atoms with Crippen LogP contribution in [0.4, 0.5) is 5.69 Å². The van der Waals surface area contributed by atoms with Gasteiger partial charge in [-0.15, -0.1) is 0 Å². The summed E-state index contributed by atoms with van der Waals surface area (Å²) in [5.74, 6) is -0.364. The van der Waals surface area contributed by atoms with Crippen LogP contribution >= 0.6 is 0 Å². The quantitative estimate of drug-likeness (QED) is 0.536. The Labute approximate surface area is 149 Å². The van der Waals surface area contributed by atoms with Gasteiger partial charge in [-0.3, -0.25) is 4.79 Å². The van der Waals surface area contributed by atoms with Crippen LogP contribution in [0.2, 0.25) is 0 Å². The van der Waals surface area contributed by atoms with Crippen molar-refractivity contribution >= 4 is 17.6 Å². The molecule has 2 aromatic rings. The lowest BCUT2D eigenvalue weighted by atomic mass is 10.1. The summed E-state index contributed by atoms with van der Waals surface area (Å²) >= 11 is 0. The van der Waals surface area contributed by atoms with Gasteiger partial charge in [0.2, 0.25) is 5.91 Å². The van der Waals surface area contributed by atoms with Crippen LogP contribution in [0.15, 0.2) is 54.6 Å². The minimum atomic E-state index is -0.321. The van der Waals surface area contributed by atoms with Crippen molar-refractivity contribution in [3.05, 3.63) is 65.7 Å². The fourth-order valence-electron chi connectivity index (χ4n) is 2.42. The second-order valence-corrected chi connectivity index (χ2v) is 5.95. The van der Waals surface area contributed by atoms with Crippen molar-refractivity contribution in [2.45, 2.75) is 39.0 Å². The molecule has 0 heterocycles. The molecule has 0 radical (unpaired) electrons. The molecule has 1 amide bonds. The van der Waals surface area contributed by atoms with E-state index in [0.717, 1.165) is 24.8 Å². The molecule has 0 bridgehead atoms. The number of benzene rings is 2. The van der Waals surface area contributed by atoms with Crippen molar-refractivity contribution in [1.82, 2.24) is 0 Å². The zero-order valence-electron chi connectivity index (χ0n) is 14.7. The lowest BCUT2D eigenvalue weighted by Gasteiger charge is -2.07. The van der Waals surface area contributed by atoms with Gasteiger partial charge >= 0.3 is 5.97 Å². The van der Waals surface area contributed by atoms with Gasteiger partial charge in [0, 0.05) is 12.1 Å². The van der Waals surface area contributed by atoms with Crippen molar-refractivity contribution in [2.24, 2.45) is 0 Å². The third-order valence-corrected chi connectivity index (χ3v) is 3.87. The molecule has 4 nitrogen and oxygen atoms in total. The smallest absolute Gasteiger partial charge is 0.338 e. The van der Waals surface area contributed by atoms with E-state index in [4.69, 9.17) is 4.74 Å². The van der Waals surface area contributed by atoms with E-state index in [1.165, 1.54) is 0 Å². The second kappa shape index (κ2) is 10.3. The largest absolute Gasteiger partial charge is 0.462 e. The minimum Gasteiger partial charge on any atom is -0.462 e. The number of hydrogen-bond acceptors (Lipinski definition) is 3. The van der Waals surface area contributed by atoms with Crippen LogP contribution in [0.1, 0.15) is 48.5 Å². The fraction of sp³-hybridized carbons (Fsp3) is 0.333. The third-order valence-electron chi connectivity index (χ3n) is 3.87. The lowest BCUT2D eigenvalue weighted by molar-refractivity contribution is -0.116. The summed E-state index contributed by atoms with van der Waals surface area (Å²) in [5.41, 5.74) is 2.32. The van der Waals surface area contributed by atoms with E-state index in [9.17, 15) is 9.59 Å². The minimum absolute atomic E-state index is 0.0428. The van der Waals surface area contributed by atoms with E-state index in [1.54, 1.807) is 24.3 Å². The van der Waals surface area contributed by atoms with Crippen molar-refractivity contribution in [3.63, 3.8) is 0 Å². The molecule has 0 unspecified atom stereocenters. The van der Waals surface area contributed by atoms with Crippen LogP contribution in [-0.4, -0.2) is 18.5 Å². The van der Waals surface area contributed by atoms with Crippen LogP contribution < -0.4 is 5.32 Å². The zero-order chi connectivity index (χ0) is 17.9. The molecule has 0 aliphatic heterocycles. The Balaban J connectivity index is 1.77. The van der Waals surface area contributed by atoms with Crippen LogP contribution in [0.25, 0.3) is 0 Å². The van der Waals surface area contributed by atoms with Gasteiger partial charge in [0.1, 0.15) is 0 Å². The number of rotatable bonds is 9. The number of ether oxygens (including phenoxy) is 1. The monoisotopic (exact) mass is 339 g/mol. The van der Waals surface area contributed by atoms with Crippen molar-refractivity contribution in [1.29, 1.82) is 0 Å². The Morgan fingerprint density at radius 3 is 2.36 bits per heavy atom. The topological polar surface area (TPSA) is 55.4 Å². The van der Waals surface area contributed by atoms with Gasteiger partial charge in [-0.25, -0.2) is 4.79 Å². The Morgan fingerprint density at radius 1 is 0.960 bits per heavy atom. The second-order valence-electron chi connectivity index (χ2n) is 5.95. The number of carbonyl (C=O) groups is 2. The number of hydrogen-bond donors (Lipinski definition) is 1. The molecule has 0 atom stereocenters. The Morgan fingerprint density at radius 2 is 1.68 bits per heavy atom. The number of aryl methyl sites for hydroxylation is 1. The van der Waals surface area contributed by atoms with E-state index < -0.39 is 0 Å². The van der Waals surface area contributed by atoms with Gasteiger partial charge in [-0.05, 0) is 42.7 Å². The van der Waals surface area contributed by atoms with Crippen LogP contribution in [0.5, 0.6) is 0 Å². The first-order valence-electron chi connectivity index (χ1n) is 8.80. The predicted molar refractivity (Wildman–Crippen MR) is 99.6 cm³/mol. The summed E-state index contributed by atoms with van der Waals surface area (Å²) in [6.45, 7) is 2.55. The van der Waals surface area contributed by atoms with Gasteiger partial charge in [-0.1, -0.05) is 50.1 Å². The average Bonchev–Trinajstić information content (AvgIpc) is 2.65. The van der Waals surface area contributed by atoms with E-state index in [1.807, 2.05) is 30.3 Å². The van der Waals surface area contributed by atoms with Gasteiger partial charge in [-0.2, -0.15) is 0 Å². The Bertz CT molecular complexity index is 665. The molecule has 0 aromatic heterocycles. The highest BCUT2D eigenvalue weighted by atomic mass is 16.5. The molecule has 1 N–H and O–H groups in total. The van der Waals surface area contributed by atoms with Crippen molar-refractivity contribution in [3.8, 4) is 0 Å². The van der Waals surface area contributed by atoms with Gasteiger partial charge in [0.25, 0.3) is 0 Å². The fourth-order valence-corrected chi connectivity index (χ4v) is 2.42. The molecule has 2 aromatic carbocycles. The molecule has 0 saturated heterocycles. The first kappa shape index (κ1) is 18.7. The van der Waals surface area contributed by atoms with Crippen molar-refractivity contribution in [2.75, 3.05) is 11.9 Å². The summed E-state index contributed by atoms with van der Waals surface area (Å²) in [6.07, 6.45) is 4.16. The van der Waals surface area contributed by atoms with Crippen molar-refractivity contribution < 1.29 is 14.3 Å². The maximum Gasteiger partial charge on any atom is 0.338 e. The average molecular weight is 339 g/mol. The maximum atomic E-state index is 12.0. The van der Waals surface area contributed by atoms with E-state index in [0.29, 0.717) is 30.7 Å². The number of anilines is 1. The Hall–Kier alpha value is -2.62. The number of unbranched alkanes of at least 4 members (excludes halogenated alkanes) is 2. The molecule has 4 heteroatoms. The summed E-state index contributed by atoms with van der Waals surface area (Å²) in [7, 11) is 0. The highest BCUT2D eigenvalue weighted by Gasteiger charge is 2.08. The van der Waals surface area contributed by atoms with Crippen LogP contribution in [0.3, 0.4) is 0 Å². The first-order chi connectivity index (χ1) is 12.2. The number of amides is 1. The van der Waals surface area contributed by atoms with Gasteiger partial charge in [0.05, 0.1) is 12.2 Å². The number of carbonyl (C=O) groups excluding carboxylic acids is 2. The highest BCUT2D eigenvalue weighted by molar-refractivity contribution is 5.93. The highest BCUT2D eigenvalue weighted by Crippen LogP contribution is 2.12. The summed E-state index contributed by atoms with van der Waals surface area (Å²) in [5, 5.41) is 2.85.